The number of hydrogen-bond donors (Lipinski definition) is 3. The number of carbonyl (C=O) groups is 1. The predicted molar refractivity (Wildman–Crippen MR) is 77.5 cm³/mol. The molecule has 0 aliphatic rings. The summed E-state index contributed by atoms with van der Waals surface area (Å²) in [5.74, 6) is 0.281. The number of aryl methyl sites for hydroxylation is 2. The average molecular weight is 286 g/mol. The fourth-order valence-electron chi connectivity index (χ4n) is 2.25. The molecule has 7 heteroatoms. The number of rotatable bonds is 3. The zero-order chi connectivity index (χ0) is 15.0. The second kappa shape index (κ2) is 4.93. The number of fused-ring (bicyclic) bond motifs is 1. The molecule has 0 spiro atoms. The largest absolute Gasteiger partial charge is 0.360 e. The van der Waals surface area contributed by atoms with Gasteiger partial charge >= 0.3 is 5.69 Å². The Kier molecular flexibility index (Phi) is 3.09. The molecule has 0 atom stereocenters. The van der Waals surface area contributed by atoms with Crippen molar-refractivity contribution in [1.82, 2.24) is 15.1 Å². The van der Waals surface area contributed by atoms with E-state index in [0.29, 0.717) is 40.2 Å². The van der Waals surface area contributed by atoms with Crippen molar-refractivity contribution in [3.8, 4) is 0 Å². The van der Waals surface area contributed by atoms with Crippen LogP contribution in [0.3, 0.4) is 0 Å². The third-order valence-electron chi connectivity index (χ3n) is 3.26. The van der Waals surface area contributed by atoms with Crippen LogP contribution in [0.4, 0.5) is 5.69 Å². The highest BCUT2D eigenvalue weighted by Gasteiger charge is 2.19. The number of aromatic nitrogens is 3. The highest BCUT2D eigenvalue weighted by molar-refractivity contribution is 6.06. The lowest BCUT2D eigenvalue weighted by Gasteiger charge is -2.05. The molecule has 7 nitrogen and oxygen atoms in total. The van der Waals surface area contributed by atoms with E-state index >= 15 is 0 Å². The van der Waals surface area contributed by atoms with Gasteiger partial charge in [0.05, 0.1) is 16.7 Å². The molecular formula is C14H14N4O3. The van der Waals surface area contributed by atoms with Crippen molar-refractivity contribution in [3.05, 3.63) is 45.7 Å². The molecule has 0 aliphatic heterocycles. The smallest absolute Gasteiger partial charge is 0.323 e. The molecule has 0 aliphatic carbocycles. The van der Waals surface area contributed by atoms with Gasteiger partial charge in [-0.1, -0.05) is 12.1 Å². The Hall–Kier alpha value is -2.83. The van der Waals surface area contributed by atoms with E-state index in [1.807, 2.05) is 6.92 Å². The minimum Gasteiger partial charge on any atom is -0.360 e. The molecule has 1 amide bonds. The molecule has 21 heavy (non-hydrogen) atoms. The number of aromatic amines is 2. The van der Waals surface area contributed by atoms with Crippen molar-refractivity contribution in [3.63, 3.8) is 0 Å². The van der Waals surface area contributed by atoms with E-state index in [-0.39, 0.29) is 11.6 Å². The number of anilines is 1. The van der Waals surface area contributed by atoms with Gasteiger partial charge in [0.2, 0.25) is 0 Å². The quantitative estimate of drug-likeness (QED) is 0.684. The summed E-state index contributed by atoms with van der Waals surface area (Å²) in [6.07, 6.45) is 0.591. The molecule has 0 saturated heterocycles. The van der Waals surface area contributed by atoms with Gasteiger partial charge in [0.15, 0.2) is 0 Å². The van der Waals surface area contributed by atoms with Crippen molar-refractivity contribution in [2.45, 2.75) is 20.3 Å². The summed E-state index contributed by atoms with van der Waals surface area (Å²) in [6, 6.07) is 5.14. The van der Waals surface area contributed by atoms with Crippen LogP contribution in [0.5, 0.6) is 0 Å². The van der Waals surface area contributed by atoms with Gasteiger partial charge in [-0.3, -0.25) is 4.79 Å². The van der Waals surface area contributed by atoms with E-state index in [1.165, 1.54) is 0 Å². The lowest BCUT2D eigenvalue weighted by molar-refractivity contribution is 0.102. The van der Waals surface area contributed by atoms with E-state index in [9.17, 15) is 9.59 Å². The molecule has 3 rings (SSSR count). The predicted octanol–water partition coefficient (Wildman–Crippen LogP) is 1.97. The summed E-state index contributed by atoms with van der Waals surface area (Å²) >= 11 is 0. The van der Waals surface area contributed by atoms with Gasteiger partial charge in [0.25, 0.3) is 5.91 Å². The van der Waals surface area contributed by atoms with Crippen LogP contribution in [0.2, 0.25) is 0 Å². The number of imidazole rings is 1. The van der Waals surface area contributed by atoms with Crippen LogP contribution in [-0.2, 0) is 6.42 Å². The molecule has 108 valence electrons. The van der Waals surface area contributed by atoms with Crippen molar-refractivity contribution in [1.29, 1.82) is 0 Å². The number of nitrogens with zero attached hydrogens (tertiary/aromatic N) is 1. The van der Waals surface area contributed by atoms with Crippen LogP contribution in [0.1, 0.15) is 28.7 Å². The first-order valence-corrected chi connectivity index (χ1v) is 6.57. The maximum absolute atomic E-state index is 12.3. The van der Waals surface area contributed by atoms with Crippen LogP contribution < -0.4 is 11.0 Å². The van der Waals surface area contributed by atoms with Gasteiger partial charge in [-0.25, -0.2) is 4.79 Å². The van der Waals surface area contributed by atoms with Crippen molar-refractivity contribution in [2.75, 3.05) is 5.32 Å². The second-order valence-electron chi connectivity index (χ2n) is 4.71. The zero-order valence-corrected chi connectivity index (χ0v) is 11.6. The standard InChI is InChI=1S/C14H14N4O3/c1-3-11-12(7(2)18-21-11)13(19)15-8-4-5-9-10(6-8)17-14(20)16-9/h4-6H,3H2,1-2H3,(H,15,19)(H2,16,17,20). The third kappa shape index (κ3) is 2.33. The summed E-state index contributed by atoms with van der Waals surface area (Å²) in [4.78, 5) is 28.8. The summed E-state index contributed by atoms with van der Waals surface area (Å²) in [5, 5.41) is 6.60. The molecule has 0 bridgehead atoms. The lowest BCUT2D eigenvalue weighted by Crippen LogP contribution is -2.14. The number of nitrogens with one attached hydrogen (secondary N) is 3. The minimum absolute atomic E-state index is 0.275. The van der Waals surface area contributed by atoms with E-state index in [0.717, 1.165) is 0 Å². The molecule has 3 aromatic rings. The summed E-state index contributed by atoms with van der Waals surface area (Å²) in [6.45, 7) is 3.62. The minimum atomic E-state index is -0.281. The van der Waals surface area contributed by atoms with E-state index in [2.05, 4.69) is 20.4 Å². The molecule has 0 radical (unpaired) electrons. The van der Waals surface area contributed by atoms with Crippen LogP contribution in [0, 0.1) is 6.92 Å². The molecular weight excluding hydrogens is 272 g/mol. The Morgan fingerprint density at radius 1 is 1.33 bits per heavy atom. The summed E-state index contributed by atoms with van der Waals surface area (Å²) < 4.78 is 5.11. The Morgan fingerprint density at radius 3 is 2.86 bits per heavy atom. The van der Waals surface area contributed by atoms with Crippen molar-refractivity contribution >= 4 is 22.6 Å². The highest BCUT2D eigenvalue weighted by atomic mass is 16.5. The van der Waals surface area contributed by atoms with Crippen LogP contribution in [0.15, 0.2) is 27.5 Å². The van der Waals surface area contributed by atoms with E-state index in [1.54, 1.807) is 25.1 Å². The Labute approximate surface area is 119 Å². The van der Waals surface area contributed by atoms with Crippen molar-refractivity contribution < 1.29 is 9.32 Å². The Bertz CT molecular complexity index is 872. The molecule has 2 heterocycles. The SMILES string of the molecule is CCc1onc(C)c1C(=O)Nc1ccc2[nH]c(=O)[nH]c2c1. The third-order valence-corrected chi connectivity index (χ3v) is 3.26. The first-order valence-electron chi connectivity index (χ1n) is 6.57. The van der Waals surface area contributed by atoms with Crippen LogP contribution >= 0.6 is 0 Å². The van der Waals surface area contributed by atoms with Gasteiger partial charge in [-0.15, -0.1) is 0 Å². The van der Waals surface area contributed by atoms with Gasteiger partial charge in [0, 0.05) is 12.1 Å². The number of amides is 1. The molecule has 1 aromatic carbocycles. The van der Waals surface area contributed by atoms with E-state index in [4.69, 9.17) is 4.52 Å². The highest BCUT2D eigenvalue weighted by Crippen LogP contribution is 2.19. The fraction of sp³-hybridized carbons (Fsp3) is 0.214. The lowest BCUT2D eigenvalue weighted by atomic mass is 10.1. The first-order chi connectivity index (χ1) is 10.1. The number of hydrogen-bond acceptors (Lipinski definition) is 4. The molecule has 0 saturated carbocycles. The zero-order valence-electron chi connectivity index (χ0n) is 11.6. The fourth-order valence-corrected chi connectivity index (χ4v) is 2.25. The number of H-pyrrole nitrogens is 2. The maximum Gasteiger partial charge on any atom is 0.323 e. The summed E-state index contributed by atoms with van der Waals surface area (Å²) in [5.41, 5.74) is 2.65. The van der Waals surface area contributed by atoms with Crippen molar-refractivity contribution in [2.24, 2.45) is 0 Å². The number of benzene rings is 1. The maximum atomic E-state index is 12.3. The monoisotopic (exact) mass is 286 g/mol. The van der Waals surface area contributed by atoms with Gasteiger partial charge in [-0.05, 0) is 25.1 Å². The van der Waals surface area contributed by atoms with Gasteiger partial charge < -0.3 is 19.8 Å². The first kappa shape index (κ1) is 13.2. The molecule has 3 N–H and O–H groups in total. The Balaban J connectivity index is 1.92. The van der Waals surface area contributed by atoms with Gasteiger partial charge in [0.1, 0.15) is 11.3 Å². The van der Waals surface area contributed by atoms with E-state index < -0.39 is 0 Å². The van der Waals surface area contributed by atoms with Crippen LogP contribution in [0.25, 0.3) is 11.0 Å². The second-order valence-corrected chi connectivity index (χ2v) is 4.71. The average Bonchev–Trinajstić information content (AvgIpc) is 2.99. The van der Waals surface area contributed by atoms with Crippen LogP contribution in [-0.4, -0.2) is 21.0 Å². The molecule has 2 aromatic heterocycles. The topological polar surface area (TPSA) is 104 Å². The normalized spacial score (nSPS) is 11.0. The molecule has 0 fully saturated rings. The molecule has 0 unspecified atom stereocenters. The number of carbonyl (C=O) groups excluding carboxylic acids is 1. The van der Waals surface area contributed by atoms with Gasteiger partial charge in [-0.2, -0.15) is 0 Å². The Morgan fingerprint density at radius 2 is 2.10 bits per heavy atom. The summed E-state index contributed by atoms with van der Waals surface area (Å²) in [7, 11) is 0.